The molecule has 2 rings (SSSR count). The number of carboxylic acid groups (broad SMARTS) is 1. The van der Waals surface area contributed by atoms with E-state index in [0.29, 0.717) is 6.42 Å². The number of halogens is 4. The number of carboxylic acids is 1. The monoisotopic (exact) mass is 818 g/mol. The number of nitrogens with two attached hydrogens (primary N) is 4. The third kappa shape index (κ3) is 18.4. The molecule has 57 heavy (non-hydrogen) atoms. The maximum absolute atomic E-state index is 14.0. The van der Waals surface area contributed by atoms with Crippen LogP contribution in [0.4, 0.5) is 22.4 Å². The molecule has 4 atom stereocenters. The SMILES string of the molecule is CC(C)[C@H](NC(=O)OCc1ccccc1)C(=O)N[C@@H](CCCN=C(N)N)C(=O)N1CCC[C@H]1C(=O)NC(CCCN=C(N)N)C(=O)C(=O)CF.O=C(O)C(F)(F)F. The average Bonchev–Trinajstić information content (AvgIpc) is 3.64. The number of Topliss-reactive ketones (excluding diaryl/α,β-unsaturated/α-hetero) is 2. The first kappa shape index (κ1) is 49.0. The van der Waals surface area contributed by atoms with Gasteiger partial charge >= 0.3 is 18.2 Å². The van der Waals surface area contributed by atoms with Crippen molar-refractivity contribution in [2.24, 2.45) is 38.8 Å². The van der Waals surface area contributed by atoms with Crippen LogP contribution in [0.5, 0.6) is 0 Å². The summed E-state index contributed by atoms with van der Waals surface area (Å²) in [7, 11) is 0. The van der Waals surface area contributed by atoms with Crippen molar-refractivity contribution >= 4 is 53.3 Å². The van der Waals surface area contributed by atoms with Crippen molar-refractivity contribution in [3.63, 3.8) is 0 Å². The number of alkyl carbamates (subject to hydrolysis) is 1. The second-order valence-corrected chi connectivity index (χ2v) is 12.9. The van der Waals surface area contributed by atoms with Crippen LogP contribution in [-0.2, 0) is 40.1 Å². The maximum Gasteiger partial charge on any atom is 0.490 e. The van der Waals surface area contributed by atoms with Crippen molar-refractivity contribution in [2.45, 2.75) is 89.3 Å². The Hall–Kier alpha value is -6.03. The highest BCUT2D eigenvalue weighted by Crippen LogP contribution is 2.21. The number of ketones is 2. The highest BCUT2D eigenvalue weighted by Gasteiger charge is 2.40. The van der Waals surface area contributed by atoms with E-state index < -0.39 is 84.3 Å². The molecule has 0 bridgehead atoms. The third-order valence-corrected chi connectivity index (χ3v) is 8.05. The van der Waals surface area contributed by atoms with Crippen LogP contribution in [0.25, 0.3) is 0 Å². The Bertz CT molecular complexity index is 1590. The number of amides is 4. The molecule has 0 spiro atoms. The van der Waals surface area contributed by atoms with Crippen LogP contribution >= 0.6 is 0 Å². The van der Waals surface area contributed by atoms with E-state index in [4.69, 9.17) is 37.6 Å². The molecule has 1 unspecified atom stereocenters. The lowest BCUT2D eigenvalue weighted by atomic mass is 10.0. The molecule has 1 aliphatic heterocycles. The summed E-state index contributed by atoms with van der Waals surface area (Å²) in [5, 5.41) is 14.9. The van der Waals surface area contributed by atoms with Gasteiger partial charge in [-0.25, -0.2) is 14.0 Å². The number of likely N-dealkylation sites (tertiary alicyclic amines) is 1. The number of aliphatic imine (C=N–C) groups is 2. The molecule has 0 saturated carbocycles. The minimum Gasteiger partial charge on any atom is -0.475 e. The molecular weight excluding hydrogens is 768 g/mol. The zero-order valence-corrected chi connectivity index (χ0v) is 31.4. The van der Waals surface area contributed by atoms with Crippen LogP contribution in [0, 0.1) is 5.92 Å². The Balaban J connectivity index is 0.00000211. The van der Waals surface area contributed by atoms with Gasteiger partial charge in [0.15, 0.2) is 18.6 Å². The molecule has 12 N–H and O–H groups in total. The summed E-state index contributed by atoms with van der Waals surface area (Å²) in [4.78, 5) is 96.0. The first-order valence-electron chi connectivity index (χ1n) is 17.6. The largest absolute Gasteiger partial charge is 0.490 e. The lowest BCUT2D eigenvalue weighted by Gasteiger charge is -2.31. The molecule has 1 saturated heterocycles. The van der Waals surface area contributed by atoms with Crippen molar-refractivity contribution in [3.8, 4) is 0 Å². The van der Waals surface area contributed by atoms with Gasteiger partial charge < -0.3 is 53.6 Å². The number of alkyl halides is 4. The first-order chi connectivity index (χ1) is 26.7. The number of rotatable bonds is 20. The molecule has 1 heterocycles. The van der Waals surface area contributed by atoms with Crippen LogP contribution in [0.2, 0.25) is 0 Å². The quantitative estimate of drug-likeness (QED) is 0.0277. The topological polar surface area (TPSA) is 317 Å². The molecule has 23 heteroatoms. The van der Waals surface area contributed by atoms with Crippen molar-refractivity contribution in [3.05, 3.63) is 35.9 Å². The van der Waals surface area contributed by atoms with Gasteiger partial charge in [-0.05, 0) is 50.0 Å². The first-order valence-corrected chi connectivity index (χ1v) is 17.6. The van der Waals surface area contributed by atoms with Gasteiger partial charge in [0.05, 0.1) is 6.04 Å². The van der Waals surface area contributed by atoms with E-state index in [9.17, 15) is 46.3 Å². The summed E-state index contributed by atoms with van der Waals surface area (Å²) in [5.74, 6) is -7.91. The van der Waals surface area contributed by atoms with Crippen molar-refractivity contribution in [1.29, 1.82) is 0 Å². The summed E-state index contributed by atoms with van der Waals surface area (Å²) in [6.45, 7) is 2.26. The average molecular weight is 819 g/mol. The van der Waals surface area contributed by atoms with Crippen molar-refractivity contribution in [2.75, 3.05) is 26.3 Å². The second-order valence-electron chi connectivity index (χ2n) is 12.9. The summed E-state index contributed by atoms with van der Waals surface area (Å²) in [6, 6.07) is 4.31. The lowest BCUT2D eigenvalue weighted by molar-refractivity contribution is -0.192. The van der Waals surface area contributed by atoms with Crippen LogP contribution in [0.1, 0.15) is 57.9 Å². The van der Waals surface area contributed by atoms with Gasteiger partial charge in [-0.3, -0.25) is 34.0 Å². The number of hydrogen-bond donors (Lipinski definition) is 8. The summed E-state index contributed by atoms with van der Waals surface area (Å²) >= 11 is 0. The number of nitrogens with zero attached hydrogens (tertiary/aromatic N) is 3. The molecule has 0 aliphatic carbocycles. The summed E-state index contributed by atoms with van der Waals surface area (Å²) < 4.78 is 50.1. The van der Waals surface area contributed by atoms with E-state index >= 15 is 0 Å². The van der Waals surface area contributed by atoms with Gasteiger partial charge in [0.2, 0.25) is 29.3 Å². The fourth-order valence-electron chi connectivity index (χ4n) is 5.25. The fourth-order valence-corrected chi connectivity index (χ4v) is 5.25. The van der Waals surface area contributed by atoms with E-state index in [-0.39, 0.29) is 70.3 Å². The number of benzene rings is 1. The van der Waals surface area contributed by atoms with Crippen LogP contribution < -0.4 is 38.9 Å². The van der Waals surface area contributed by atoms with Crippen molar-refractivity contribution < 1.29 is 61.0 Å². The Kier molecular flexibility index (Phi) is 21.0. The van der Waals surface area contributed by atoms with Crippen LogP contribution in [-0.4, -0.2) is 120 Å². The normalized spacial score (nSPS) is 15.1. The zero-order chi connectivity index (χ0) is 43.3. The Morgan fingerprint density at radius 1 is 0.895 bits per heavy atom. The lowest BCUT2D eigenvalue weighted by Crippen LogP contribution is -2.58. The number of hydrogen-bond acceptors (Lipinski definition) is 10. The van der Waals surface area contributed by atoms with Crippen molar-refractivity contribution in [1.82, 2.24) is 20.9 Å². The number of carbonyl (C=O) groups is 7. The molecule has 4 amide bonds. The van der Waals surface area contributed by atoms with E-state index in [2.05, 4.69) is 25.9 Å². The molecule has 1 fully saturated rings. The predicted octanol–water partition coefficient (Wildman–Crippen LogP) is -0.254. The Labute approximate surface area is 325 Å². The zero-order valence-electron chi connectivity index (χ0n) is 31.4. The van der Waals surface area contributed by atoms with E-state index in [0.717, 1.165) is 5.56 Å². The molecular formula is C34H50F4N10O9. The molecule has 19 nitrogen and oxygen atoms in total. The predicted molar refractivity (Wildman–Crippen MR) is 196 cm³/mol. The molecule has 1 aliphatic rings. The van der Waals surface area contributed by atoms with Gasteiger partial charge in [-0.2, -0.15) is 13.2 Å². The number of guanidine groups is 2. The van der Waals surface area contributed by atoms with E-state index in [1.807, 2.05) is 6.07 Å². The number of ether oxygens (including phenoxy) is 1. The summed E-state index contributed by atoms with van der Waals surface area (Å²) in [6.07, 6.45) is -4.79. The Morgan fingerprint density at radius 3 is 1.93 bits per heavy atom. The fraction of sp³-hybridized carbons (Fsp3) is 0.559. The molecule has 318 valence electrons. The minimum atomic E-state index is -5.08. The number of nitrogens with one attached hydrogen (secondary N) is 3. The van der Waals surface area contributed by atoms with E-state index in [1.165, 1.54) is 4.90 Å². The number of carbonyl (C=O) groups excluding carboxylic acids is 6. The summed E-state index contributed by atoms with van der Waals surface area (Å²) in [5.41, 5.74) is 22.2. The van der Waals surface area contributed by atoms with Crippen LogP contribution in [0.15, 0.2) is 40.3 Å². The van der Waals surface area contributed by atoms with Gasteiger partial charge in [0.25, 0.3) is 0 Å². The maximum atomic E-state index is 14.0. The standard InChI is InChI=1S/C32H49FN10O7.C2HF3O2/c1-19(2)25(42-32(49)50-18-20-9-4-3-5-10-20)28(47)41-22(12-7-15-39-31(36)37)29(48)43-16-8-13-23(43)27(46)40-21(26(45)24(44)17-33)11-6-14-38-30(34)35;3-2(4,5)1(6)7/h3-5,9-10,19,21-23,25H,6-8,11-18H2,1-2H3,(H,40,46)(H,41,47)(H,42,49)(H4,34,35,38)(H4,36,37,39);(H,6,7)/t21?,22-,23-,25-;/m0./s1. The smallest absolute Gasteiger partial charge is 0.475 e. The van der Waals surface area contributed by atoms with Crippen LogP contribution in [0.3, 0.4) is 0 Å². The molecule has 1 aromatic rings. The van der Waals surface area contributed by atoms with Gasteiger partial charge in [0.1, 0.15) is 24.7 Å². The minimum absolute atomic E-state index is 0.0198. The molecule has 0 aromatic heterocycles. The van der Waals surface area contributed by atoms with Gasteiger partial charge in [-0.15, -0.1) is 0 Å². The van der Waals surface area contributed by atoms with E-state index in [1.54, 1.807) is 38.1 Å². The second kappa shape index (κ2) is 24.5. The number of aliphatic carboxylic acids is 1. The third-order valence-electron chi connectivity index (χ3n) is 8.05. The molecule has 0 radical (unpaired) electrons. The van der Waals surface area contributed by atoms with Gasteiger partial charge in [-0.1, -0.05) is 44.2 Å². The molecule has 1 aromatic carbocycles. The Morgan fingerprint density at radius 2 is 1.44 bits per heavy atom. The highest BCUT2D eigenvalue weighted by atomic mass is 19.4. The highest BCUT2D eigenvalue weighted by molar-refractivity contribution is 6.40. The van der Waals surface area contributed by atoms with Gasteiger partial charge in [0, 0.05) is 19.6 Å².